The molecule has 0 spiro atoms. The van der Waals surface area contributed by atoms with E-state index in [1.54, 1.807) is 11.9 Å². The number of nitrogens with zero attached hydrogens (tertiary/aromatic N) is 4. The van der Waals surface area contributed by atoms with Crippen LogP contribution in [0, 0.1) is 0 Å². The van der Waals surface area contributed by atoms with E-state index in [4.69, 9.17) is 5.73 Å². The lowest BCUT2D eigenvalue weighted by Gasteiger charge is -2.14. The number of hydrogen-bond acceptors (Lipinski definition) is 6. The van der Waals surface area contributed by atoms with Gasteiger partial charge in [0.15, 0.2) is 0 Å². The van der Waals surface area contributed by atoms with E-state index >= 15 is 0 Å². The van der Waals surface area contributed by atoms with E-state index in [1.807, 2.05) is 0 Å². The van der Waals surface area contributed by atoms with Gasteiger partial charge in [-0.1, -0.05) is 11.3 Å². The first-order valence-corrected chi connectivity index (χ1v) is 6.22. The lowest BCUT2D eigenvalue weighted by Crippen LogP contribution is -2.39. The summed E-state index contributed by atoms with van der Waals surface area (Å²) in [6.45, 7) is 1.58. The summed E-state index contributed by atoms with van der Waals surface area (Å²) in [5.41, 5.74) is 5.42. The lowest BCUT2D eigenvalue weighted by molar-refractivity contribution is -0.121. The molecule has 0 saturated carbocycles. The summed E-state index contributed by atoms with van der Waals surface area (Å²) in [6.07, 6.45) is 0. The summed E-state index contributed by atoms with van der Waals surface area (Å²) in [7, 11) is 1.71. The number of urea groups is 1. The number of carbonyl (C=O) groups excluding carboxylic acids is 2. The zero-order chi connectivity index (χ0) is 13.1. The second kappa shape index (κ2) is 5.17. The fourth-order valence-corrected chi connectivity index (χ4v) is 2.14. The minimum atomic E-state index is -0.215. The van der Waals surface area contributed by atoms with E-state index in [9.17, 15) is 9.59 Å². The highest BCUT2D eigenvalue weighted by Crippen LogP contribution is 2.10. The van der Waals surface area contributed by atoms with Gasteiger partial charge in [-0.3, -0.25) is 4.79 Å². The summed E-state index contributed by atoms with van der Waals surface area (Å²) in [6, 6.07) is -0.120. The van der Waals surface area contributed by atoms with Crippen molar-refractivity contribution in [2.45, 2.75) is 6.54 Å². The summed E-state index contributed by atoms with van der Waals surface area (Å²) < 4.78 is 0. The maximum absolute atomic E-state index is 11.6. The quantitative estimate of drug-likeness (QED) is 0.738. The Labute approximate surface area is 108 Å². The monoisotopic (exact) mass is 270 g/mol. The average molecular weight is 270 g/mol. The molecule has 0 aromatic carbocycles. The number of amides is 3. The van der Waals surface area contributed by atoms with Crippen molar-refractivity contribution in [2.75, 3.05) is 32.4 Å². The molecule has 1 aromatic rings. The molecule has 8 nitrogen and oxygen atoms in total. The van der Waals surface area contributed by atoms with Crippen LogP contribution in [-0.2, 0) is 11.3 Å². The number of likely N-dealkylation sites (N-methyl/N-ethyl adjacent to an activating group) is 1. The summed E-state index contributed by atoms with van der Waals surface area (Å²) in [5.74, 6) is -0.215. The number of nitrogens with two attached hydrogens (primary N) is 1. The highest BCUT2D eigenvalue weighted by atomic mass is 32.1. The van der Waals surface area contributed by atoms with Crippen molar-refractivity contribution in [3.05, 3.63) is 5.01 Å². The molecule has 9 heteroatoms. The Morgan fingerprint density at radius 3 is 2.83 bits per heavy atom. The van der Waals surface area contributed by atoms with Crippen LogP contribution in [-0.4, -0.2) is 58.6 Å². The first kappa shape index (κ1) is 12.6. The summed E-state index contributed by atoms with van der Waals surface area (Å²) in [4.78, 5) is 26.3. The molecule has 1 fully saturated rings. The third-order valence-corrected chi connectivity index (χ3v) is 3.31. The van der Waals surface area contributed by atoms with Gasteiger partial charge >= 0.3 is 6.03 Å². The van der Waals surface area contributed by atoms with Gasteiger partial charge in [-0.05, 0) is 0 Å². The predicted molar refractivity (Wildman–Crippen MR) is 65.8 cm³/mol. The first-order valence-electron chi connectivity index (χ1n) is 5.41. The number of hydrogen-bond donors (Lipinski definition) is 2. The highest BCUT2D eigenvalue weighted by molar-refractivity contribution is 7.15. The molecule has 0 atom stereocenters. The van der Waals surface area contributed by atoms with Crippen molar-refractivity contribution >= 4 is 28.4 Å². The third-order valence-electron chi connectivity index (χ3n) is 2.56. The second-order valence-electron chi connectivity index (χ2n) is 3.94. The van der Waals surface area contributed by atoms with Crippen LogP contribution in [0.3, 0.4) is 0 Å². The van der Waals surface area contributed by atoms with Gasteiger partial charge in [0.1, 0.15) is 11.6 Å². The third kappa shape index (κ3) is 2.86. The van der Waals surface area contributed by atoms with E-state index in [2.05, 4.69) is 15.5 Å². The molecular weight excluding hydrogens is 256 g/mol. The van der Waals surface area contributed by atoms with Crippen molar-refractivity contribution in [3.8, 4) is 0 Å². The molecule has 0 unspecified atom stereocenters. The smallest absolute Gasteiger partial charge is 0.320 e. The molecule has 0 radical (unpaired) electrons. The largest absolute Gasteiger partial charge is 0.374 e. The van der Waals surface area contributed by atoms with Gasteiger partial charge in [-0.2, -0.15) is 0 Å². The van der Waals surface area contributed by atoms with Crippen molar-refractivity contribution in [2.24, 2.45) is 0 Å². The van der Waals surface area contributed by atoms with Gasteiger partial charge in [0, 0.05) is 20.1 Å². The van der Waals surface area contributed by atoms with Crippen LogP contribution in [0.15, 0.2) is 0 Å². The van der Waals surface area contributed by atoms with Crippen LogP contribution >= 0.6 is 11.3 Å². The molecule has 98 valence electrons. The van der Waals surface area contributed by atoms with Gasteiger partial charge in [0.25, 0.3) is 0 Å². The van der Waals surface area contributed by atoms with Crippen LogP contribution in [0.2, 0.25) is 0 Å². The van der Waals surface area contributed by atoms with Gasteiger partial charge in [-0.15, -0.1) is 10.2 Å². The van der Waals surface area contributed by atoms with Crippen LogP contribution in [0.25, 0.3) is 0 Å². The fraction of sp³-hybridized carbons (Fsp3) is 0.556. The van der Waals surface area contributed by atoms with Gasteiger partial charge in [-0.25, -0.2) is 4.79 Å². The maximum Gasteiger partial charge on any atom is 0.320 e. The first-order chi connectivity index (χ1) is 8.56. The van der Waals surface area contributed by atoms with E-state index < -0.39 is 0 Å². The van der Waals surface area contributed by atoms with Crippen LogP contribution in [0.4, 0.5) is 9.93 Å². The van der Waals surface area contributed by atoms with E-state index in [0.717, 1.165) is 0 Å². The zero-order valence-corrected chi connectivity index (χ0v) is 10.7. The minimum Gasteiger partial charge on any atom is -0.374 e. The number of carbonyl (C=O) groups is 2. The highest BCUT2D eigenvalue weighted by Gasteiger charge is 2.26. The maximum atomic E-state index is 11.6. The molecule has 0 aliphatic carbocycles. The zero-order valence-electron chi connectivity index (χ0n) is 9.92. The minimum absolute atomic E-state index is 0.0669. The van der Waals surface area contributed by atoms with Gasteiger partial charge in [0.05, 0.1) is 6.54 Å². The second-order valence-corrected chi connectivity index (χ2v) is 5.03. The Morgan fingerprint density at radius 1 is 1.50 bits per heavy atom. The fourth-order valence-electron chi connectivity index (χ4n) is 1.59. The normalized spacial score (nSPS) is 15.3. The molecule has 18 heavy (non-hydrogen) atoms. The molecule has 1 aromatic heterocycles. The molecule has 3 N–H and O–H groups in total. The predicted octanol–water partition coefficient (Wildman–Crippen LogP) is -0.896. The molecule has 1 saturated heterocycles. The van der Waals surface area contributed by atoms with Crippen molar-refractivity contribution in [1.82, 2.24) is 25.3 Å². The SMILES string of the molecule is CN1CCN(CC(=O)NCc2nnc(N)s2)C1=O. The number of nitrogens with one attached hydrogen (secondary N) is 1. The van der Waals surface area contributed by atoms with E-state index in [0.29, 0.717) is 23.2 Å². The summed E-state index contributed by atoms with van der Waals surface area (Å²) >= 11 is 1.23. The Kier molecular flexibility index (Phi) is 3.60. The standard InChI is InChI=1S/C9H14N6O2S/c1-14-2-3-15(9(14)17)5-6(16)11-4-7-12-13-8(10)18-7/h2-5H2,1H3,(H2,10,13)(H,11,16). The van der Waals surface area contributed by atoms with Crippen LogP contribution in [0.1, 0.15) is 5.01 Å². The Morgan fingerprint density at radius 2 is 2.28 bits per heavy atom. The van der Waals surface area contributed by atoms with Crippen molar-refractivity contribution < 1.29 is 9.59 Å². The van der Waals surface area contributed by atoms with Crippen molar-refractivity contribution in [3.63, 3.8) is 0 Å². The molecule has 2 heterocycles. The van der Waals surface area contributed by atoms with E-state index in [-0.39, 0.29) is 25.0 Å². The number of rotatable bonds is 4. The van der Waals surface area contributed by atoms with Crippen LogP contribution < -0.4 is 11.1 Å². The van der Waals surface area contributed by atoms with Crippen molar-refractivity contribution in [1.29, 1.82) is 0 Å². The molecule has 2 rings (SSSR count). The topological polar surface area (TPSA) is 104 Å². The van der Waals surface area contributed by atoms with Gasteiger partial charge < -0.3 is 20.9 Å². The Hall–Kier alpha value is -1.90. The lowest BCUT2D eigenvalue weighted by atomic mass is 10.5. The molecule has 3 amide bonds. The Balaban J connectivity index is 1.77. The van der Waals surface area contributed by atoms with Gasteiger partial charge in [0.2, 0.25) is 11.0 Å². The Bertz CT molecular complexity index is 462. The number of anilines is 1. The molecular formula is C9H14N6O2S. The average Bonchev–Trinajstić information content (AvgIpc) is 2.88. The summed E-state index contributed by atoms with van der Waals surface area (Å²) in [5, 5.41) is 11.1. The number of aromatic nitrogens is 2. The van der Waals surface area contributed by atoms with E-state index in [1.165, 1.54) is 16.2 Å². The molecule has 0 bridgehead atoms. The van der Waals surface area contributed by atoms with Crippen LogP contribution in [0.5, 0.6) is 0 Å². The number of nitrogen functional groups attached to an aromatic ring is 1. The molecule has 1 aliphatic heterocycles. The molecule has 1 aliphatic rings.